The Kier molecular flexibility index (Phi) is 3.26. The molecule has 94 valence electrons. The number of rotatable bonds is 3. The first-order chi connectivity index (χ1) is 6.98. The van der Waals surface area contributed by atoms with E-state index in [1.165, 1.54) is 0 Å². The number of hydrogen-bond donors (Lipinski definition) is 2. The number of hydrogen-bond acceptors (Lipinski definition) is 3. The average molecular weight is 245 g/mol. The summed E-state index contributed by atoms with van der Waals surface area (Å²) in [5, 5.41) is 9.06. The summed E-state index contributed by atoms with van der Waals surface area (Å²) >= 11 is 0. The molecule has 0 unspecified atom stereocenters. The van der Waals surface area contributed by atoms with Crippen molar-refractivity contribution < 1.29 is 14.3 Å². The number of carboxylic acid groups (broad SMARTS) is 1. The van der Waals surface area contributed by atoms with Crippen molar-refractivity contribution in [3.63, 3.8) is 0 Å². The van der Waals surface area contributed by atoms with Crippen molar-refractivity contribution >= 4 is 14.3 Å². The zero-order valence-electron chi connectivity index (χ0n) is 10.8. The van der Waals surface area contributed by atoms with Crippen LogP contribution < -0.4 is 5.73 Å². The van der Waals surface area contributed by atoms with Crippen LogP contribution in [0.15, 0.2) is 0 Å². The molecule has 0 amide bonds. The molecule has 0 bridgehead atoms. The van der Waals surface area contributed by atoms with E-state index in [2.05, 4.69) is 33.9 Å². The van der Waals surface area contributed by atoms with Crippen LogP contribution >= 0.6 is 0 Å². The number of nitrogens with two attached hydrogens (primary N) is 1. The van der Waals surface area contributed by atoms with Gasteiger partial charge in [-0.25, -0.2) is 0 Å². The van der Waals surface area contributed by atoms with Crippen molar-refractivity contribution in [2.24, 2.45) is 5.73 Å². The molecule has 4 nitrogen and oxygen atoms in total. The van der Waals surface area contributed by atoms with Gasteiger partial charge in [0.1, 0.15) is 5.54 Å². The Bertz CT molecular complexity index is 290. The van der Waals surface area contributed by atoms with Gasteiger partial charge in [0.25, 0.3) is 0 Å². The molecule has 1 saturated carbocycles. The molecule has 0 aromatic heterocycles. The minimum absolute atomic E-state index is 0.0296. The lowest BCUT2D eigenvalue weighted by atomic mass is 9.75. The van der Waals surface area contributed by atoms with E-state index in [0.29, 0.717) is 12.8 Å². The van der Waals surface area contributed by atoms with E-state index >= 15 is 0 Å². The van der Waals surface area contributed by atoms with Crippen LogP contribution in [0.5, 0.6) is 0 Å². The maximum Gasteiger partial charge on any atom is 0.323 e. The van der Waals surface area contributed by atoms with Gasteiger partial charge in [0.15, 0.2) is 8.32 Å². The zero-order valence-corrected chi connectivity index (χ0v) is 11.8. The SMILES string of the molecule is CC(C)(C)[Si](C)(C)OC1CC(N)(C(=O)O)C1. The Morgan fingerprint density at radius 3 is 2.19 bits per heavy atom. The monoisotopic (exact) mass is 245 g/mol. The molecule has 0 aromatic rings. The van der Waals surface area contributed by atoms with Crippen molar-refractivity contribution in [1.82, 2.24) is 0 Å². The summed E-state index contributed by atoms with van der Waals surface area (Å²) in [6, 6.07) is 0. The summed E-state index contributed by atoms with van der Waals surface area (Å²) in [4.78, 5) is 10.8. The summed E-state index contributed by atoms with van der Waals surface area (Å²) in [5.74, 6) is -0.914. The second-order valence-corrected chi connectivity index (χ2v) is 11.1. The van der Waals surface area contributed by atoms with Crippen LogP contribution in [-0.4, -0.2) is 31.0 Å². The van der Waals surface area contributed by atoms with Gasteiger partial charge in [0, 0.05) is 18.9 Å². The van der Waals surface area contributed by atoms with E-state index in [0.717, 1.165) is 0 Å². The minimum atomic E-state index is -1.78. The highest BCUT2D eigenvalue weighted by Gasteiger charge is 2.51. The molecule has 1 aliphatic carbocycles. The van der Waals surface area contributed by atoms with Crippen LogP contribution in [0.3, 0.4) is 0 Å². The van der Waals surface area contributed by atoms with Crippen molar-refractivity contribution in [2.75, 3.05) is 0 Å². The van der Waals surface area contributed by atoms with Crippen molar-refractivity contribution in [3.05, 3.63) is 0 Å². The molecule has 3 N–H and O–H groups in total. The lowest BCUT2D eigenvalue weighted by Gasteiger charge is -2.47. The molecule has 1 fully saturated rings. The number of aliphatic carboxylic acids is 1. The van der Waals surface area contributed by atoms with Crippen LogP contribution in [-0.2, 0) is 9.22 Å². The van der Waals surface area contributed by atoms with Crippen LogP contribution in [0.4, 0.5) is 0 Å². The molecule has 0 spiro atoms. The first kappa shape index (κ1) is 13.7. The van der Waals surface area contributed by atoms with Crippen molar-refractivity contribution in [1.29, 1.82) is 0 Å². The Labute approximate surface area is 98.3 Å². The molecule has 0 atom stereocenters. The van der Waals surface area contributed by atoms with Gasteiger partial charge < -0.3 is 15.3 Å². The zero-order chi connectivity index (χ0) is 12.8. The van der Waals surface area contributed by atoms with E-state index in [9.17, 15) is 4.79 Å². The number of carbonyl (C=O) groups is 1. The fraction of sp³-hybridized carbons (Fsp3) is 0.909. The highest BCUT2D eigenvalue weighted by atomic mass is 28.4. The summed E-state index contributed by atoms with van der Waals surface area (Å²) in [6.45, 7) is 10.9. The van der Waals surface area contributed by atoms with Gasteiger partial charge in [0.2, 0.25) is 0 Å². The summed E-state index contributed by atoms with van der Waals surface area (Å²) < 4.78 is 6.08. The van der Waals surface area contributed by atoms with Crippen molar-refractivity contribution in [3.8, 4) is 0 Å². The van der Waals surface area contributed by atoms with Gasteiger partial charge in [0.05, 0.1) is 0 Å². The van der Waals surface area contributed by atoms with E-state index in [1.807, 2.05) is 0 Å². The summed E-state index contributed by atoms with van der Waals surface area (Å²) in [5.41, 5.74) is 4.65. The minimum Gasteiger partial charge on any atom is -0.480 e. The van der Waals surface area contributed by atoms with Gasteiger partial charge in [-0.15, -0.1) is 0 Å². The third-order valence-corrected chi connectivity index (χ3v) is 8.41. The lowest BCUT2D eigenvalue weighted by molar-refractivity contribution is -0.151. The van der Waals surface area contributed by atoms with Crippen LogP contribution in [0.25, 0.3) is 0 Å². The first-order valence-electron chi connectivity index (χ1n) is 5.68. The molecule has 1 aliphatic rings. The number of carboxylic acids is 1. The van der Waals surface area contributed by atoms with Gasteiger partial charge in [-0.3, -0.25) is 4.79 Å². The second-order valence-electron chi connectivity index (χ2n) is 6.37. The molecule has 0 heterocycles. The predicted octanol–water partition coefficient (Wildman–Crippen LogP) is 1.95. The topological polar surface area (TPSA) is 72.5 Å². The smallest absolute Gasteiger partial charge is 0.323 e. The van der Waals surface area contributed by atoms with Gasteiger partial charge in [-0.05, 0) is 18.1 Å². The Hall–Kier alpha value is -0.393. The van der Waals surface area contributed by atoms with Crippen LogP contribution in [0.2, 0.25) is 18.1 Å². The predicted molar refractivity (Wildman–Crippen MR) is 65.9 cm³/mol. The largest absolute Gasteiger partial charge is 0.480 e. The van der Waals surface area contributed by atoms with Gasteiger partial charge >= 0.3 is 5.97 Å². The van der Waals surface area contributed by atoms with Gasteiger partial charge in [-0.2, -0.15) is 0 Å². The Morgan fingerprint density at radius 2 is 1.88 bits per heavy atom. The van der Waals surface area contributed by atoms with E-state index < -0.39 is 19.8 Å². The molecule has 0 saturated heterocycles. The average Bonchev–Trinajstić information content (AvgIpc) is 1.97. The Morgan fingerprint density at radius 1 is 1.44 bits per heavy atom. The normalized spacial score (nSPS) is 31.0. The highest BCUT2D eigenvalue weighted by molar-refractivity contribution is 6.74. The maximum atomic E-state index is 10.8. The molecular weight excluding hydrogens is 222 g/mol. The second kappa shape index (κ2) is 3.82. The standard InChI is InChI=1S/C11H23NO3Si/c1-10(2,3)16(4,5)15-8-6-11(12,7-8)9(13)14/h8H,6-7,12H2,1-5H3,(H,13,14). The van der Waals surface area contributed by atoms with Crippen LogP contribution in [0.1, 0.15) is 33.6 Å². The van der Waals surface area contributed by atoms with E-state index in [1.54, 1.807) is 0 Å². The fourth-order valence-electron chi connectivity index (χ4n) is 1.60. The molecule has 0 aliphatic heterocycles. The quantitative estimate of drug-likeness (QED) is 0.745. The van der Waals surface area contributed by atoms with E-state index in [4.69, 9.17) is 15.3 Å². The molecule has 5 heteroatoms. The van der Waals surface area contributed by atoms with Crippen molar-refractivity contribution in [2.45, 2.75) is 63.4 Å². The lowest BCUT2D eigenvalue weighted by Crippen LogP contribution is -2.63. The molecule has 0 radical (unpaired) electrons. The Balaban J connectivity index is 2.53. The van der Waals surface area contributed by atoms with Crippen LogP contribution in [0, 0.1) is 0 Å². The fourth-order valence-corrected chi connectivity index (χ4v) is 2.96. The maximum absolute atomic E-state index is 10.8. The summed E-state index contributed by atoms with van der Waals surface area (Å²) in [7, 11) is -1.78. The molecule has 1 rings (SSSR count). The third kappa shape index (κ3) is 2.47. The van der Waals surface area contributed by atoms with E-state index in [-0.39, 0.29) is 11.1 Å². The van der Waals surface area contributed by atoms with Gasteiger partial charge in [-0.1, -0.05) is 20.8 Å². The molecule has 16 heavy (non-hydrogen) atoms. The third-order valence-electron chi connectivity index (χ3n) is 3.88. The highest BCUT2D eigenvalue weighted by Crippen LogP contribution is 2.42. The summed E-state index contributed by atoms with van der Waals surface area (Å²) in [6.07, 6.45) is 0.908. The molecular formula is C11H23NO3Si. The molecule has 0 aromatic carbocycles. The first-order valence-corrected chi connectivity index (χ1v) is 8.59.